The van der Waals surface area contributed by atoms with Crippen molar-refractivity contribution < 1.29 is 0 Å². The predicted octanol–water partition coefficient (Wildman–Crippen LogP) is 4.41. The highest BCUT2D eigenvalue weighted by atomic mass is 14.3. The summed E-state index contributed by atoms with van der Waals surface area (Å²) in [6.07, 6.45) is 8.41. The molecule has 119 valence electrons. The molecule has 1 radical (unpaired) electrons. The molecule has 2 aromatic rings. The van der Waals surface area contributed by atoms with Gasteiger partial charge in [0.15, 0.2) is 0 Å². The fraction of sp³-hybridized carbons (Fsp3) is 0.250. The predicted molar refractivity (Wildman–Crippen MR) is 103 cm³/mol. The molecule has 0 nitrogen and oxygen atoms in total. The zero-order valence-corrected chi connectivity index (χ0v) is 14.9. The normalized spacial score (nSPS) is 18.6. The van der Waals surface area contributed by atoms with Crippen LogP contribution in [-0.4, -0.2) is 0 Å². The van der Waals surface area contributed by atoms with Gasteiger partial charge in [-0.05, 0) is 54.6 Å². The van der Waals surface area contributed by atoms with Gasteiger partial charge in [-0.25, -0.2) is 0 Å². The molecule has 0 aromatic heterocycles. The summed E-state index contributed by atoms with van der Waals surface area (Å²) in [5.74, 6) is 0.414. The van der Waals surface area contributed by atoms with Crippen LogP contribution in [0.4, 0.5) is 0 Å². The van der Waals surface area contributed by atoms with Crippen molar-refractivity contribution in [3.8, 4) is 0 Å². The van der Waals surface area contributed by atoms with Gasteiger partial charge < -0.3 is 0 Å². The highest BCUT2D eigenvalue weighted by Gasteiger charge is 2.26. The van der Waals surface area contributed by atoms with Gasteiger partial charge in [0, 0.05) is 5.92 Å². The molecule has 0 saturated heterocycles. The van der Waals surface area contributed by atoms with Crippen LogP contribution in [0.3, 0.4) is 0 Å². The van der Waals surface area contributed by atoms with E-state index in [0.717, 1.165) is 5.22 Å². The minimum atomic E-state index is 0.172. The quantitative estimate of drug-likeness (QED) is 0.624. The van der Waals surface area contributed by atoms with Crippen LogP contribution in [0, 0.1) is 21.8 Å². The molecule has 0 spiro atoms. The lowest BCUT2D eigenvalue weighted by atomic mass is 9.87. The zero-order chi connectivity index (χ0) is 17.1. The SMILES string of the molecule is C=c1ccc2c(c1C1=CC(C(C)(C)C)=CC1C)[C]=c1ccccc1=2. The van der Waals surface area contributed by atoms with Gasteiger partial charge in [0.1, 0.15) is 0 Å². The summed E-state index contributed by atoms with van der Waals surface area (Å²) in [5, 5.41) is 4.85. The molecule has 1 unspecified atom stereocenters. The monoisotopic (exact) mass is 311 g/mol. The molecule has 0 aliphatic heterocycles. The Morgan fingerprint density at radius 3 is 2.46 bits per heavy atom. The topological polar surface area (TPSA) is 0 Å². The van der Waals surface area contributed by atoms with Crippen LogP contribution in [0.5, 0.6) is 0 Å². The highest BCUT2D eigenvalue weighted by molar-refractivity contribution is 5.81. The van der Waals surface area contributed by atoms with Gasteiger partial charge in [0.05, 0.1) is 0 Å². The summed E-state index contributed by atoms with van der Waals surface area (Å²) < 4.78 is 0. The van der Waals surface area contributed by atoms with Gasteiger partial charge in [-0.2, -0.15) is 0 Å². The molecule has 0 fully saturated rings. The molecule has 0 N–H and O–H groups in total. The summed E-state index contributed by atoms with van der Waals surface area (Å²) >= 11 is 0. The molecule has 0 saturated carbocycles. The van der Waals surface area contributed by atoms with Crippen LogP contribution in [0.1, 0.15) is 38.8 Å². The van der Waals surface area contributed by atoms with Crippen LogP contribution < -0.4 is 10.4 Å². The Hall–Kier alpha value is -2.34. The minimum absolute atomic E-state index is 0.172. The fourth-order valence-corrected chi connectivity index (χ4v) is 3.76. The van der Waals surface area contributed by atoms with Gasteiger partial charge in [-0.1, -0.05) is 82.8 Å². The smallest absolute Gasteiger partial charge is 0.000206 e. The molecule has 2 aromatic carbocycles. The van der Waals surface area contributed by atoms with Crippen molar-refractivity contribution in [2.45, 2.75) is 27.7 Å². The van der Waals surface area contributed by atoms with Crippen molar-refractivity contribution >= 4 is 18.2 Å². The lowest BCUT2D eigenvalue weighted by molar-refractivity contribution is 0.516. The fourth-order valence-electron chi connectivity index (χ4n) is 3.76. The average Bonchev–Trinajstić information content (AvgIpc) is 3.07. The molecule has 4 rings (SSSR count). The van der Waals surface area contributed by atoms with Gasteiger partial charge in [-0.15, -0.1) is 0 Å². The van der Waals surface area contributed by atoms with E-state index in [9.17, 15) is 0 Å². The summed E-state index contributed by atoms with van der Waals surface area (Å²) in [6, 6.07) is 12.9. The van der Waals surface area contributed by atoms with E-state index in [1.54, 1.807) is 0 Å². The molecule has 0 heterocycles. The molecule has 0 heteroatoms. The van der Waals surface area contributed by atoms with Crippen LogP contribution in [-0.2, 0) is 0 Å². The van der Waals surface area contributed by atoms with E-state index in [4.69, 9.17) is 0 Å². The van der Waals surface area contributed by atoms with Gasteiger partial charge in [-0.3, -0.25) is 0 Å². The van der Waals surface area contributed by atoms with Crippen molar-refractivity contribution in [3.05, 3.63) is 86.1 Å². The first-order valence-corrected chi connectivity index (χ1v) is 8.66. The molecular weight excluding hydrogens is 288 g/mol. The minimum Gasteiger partial charge on any atom is -0.0911 e. The first-order valence-electron chi connectivity index (χ1n) is 8.66. The Bertz CT molecular complexity index is 1100. The van der Waals surface area contributed by atoms with E-state index in [1.807, 2.05) is 0 Å². The third kappa shape index (κ3) is 2.21. The van der Waals surface area contributed by atoms with Crippen molar-refractivity contribution in [1.29, 1.82) is 0 Å². The first kappa shape index (κ1) is 15.2. The zero-order valence-electron chi connectivity index (χ0n) is 14.9. The Balaban J connectivity index is 2.01. The van der Waals surface area contributed by atoms with Crippen molar-refractivity contribution in [3.63, 3.8) is 0 Å². The molecule has 0 amide bonds. The number of hydrogen-bond acceptors (Lipinski definition) is 0. The third-order valence-corrected chi connectivity index (χ3v) is 5.15. The number of allylic oxidation sites excluding steroid dienone is 4. The van der Waals surface area contributed by atoms with Crippen LogP contribution >= 0.6 is 0 Å². The van der Waals surface area contributed by atoms with Gasteiger partial charge in [0.2, 0.25) is 0 Å². The third-order valence-electron chi connectivity index (χ3n) is 5.15. The van der Waals surface area contributed by atoms with Crippen molar-refractivity contribution in [2.24, 2.45) is 11.3 Å². The van der Waals surface area contributed by atoms with Gasteiger partial charge >= 0.3 is 0 Å². The van der Waals surface area contributed by atoms with Crippen LogP contribution in [0.25, 0.3) is 18.2 Å². The van der Waals surface area contributed by atoms with Crippen LogP contribution in [0.15, 0.2) is 54.1 Å². The molecule has 0 bridgehead atoms. The summed E-state index contributed by atoms with van der Waals surface area (Å²) in [7, 11) is 0. The Kier molecular flexibility index (Phi) is 3.22. The Morgan fingerprint density at radius 1 is 1.00 bits per heavy atom. The van der Waals surface area contributed by atoms with E-state index in [1.165, 1.54) is 37.9 Å². The second kappa shape index (κ2) is 5.08. The lowest BCUT2D eigenvalue weighted by Gasteiger charge is -2.18. The second-order valence-electron chi connectivity index (χ2n) is 7.95. The molecule has 2 aliphatic carbocycles. The molecule has 24 heavy (non-hydrogen) atoms. The number of fused-ring (bicyclic) bond motifs is 2. The standard InChI is InChI=1S/C24H23/c1-15-10-11-20-19-9-7-6-8-17(19)13-22(20)23(15)21-14-18(12-16(21)2)24(3,4)5/h6-12,14,16H,1H2,2-5H3. The molecular formula is C24H23. The van der Waals surface area contributed by atoms with Crippen molar-refractivity contribution in [1.82, 2.24) is 0 Å². The summed E-state index contributed by atoms with van der Waals surface area (Å²) in [4.78, 5) is 0. The summed E-state index contributed by atoms with van der Waals surface area (Å²) in [5.41, 5.74) is 5.45. The average molecular weight is 311 g/mol. The Morgan fingerprint density at radius 2 is 1.75 bits per heavy atom. The van der Waals surface area contributed by atoms with E-state index in [0.29, 0.717) is 5.92 Å². The molecule has 2 aliphatic rings. The van der Waals surface area contributed by atoms with E-state index < -0.39 is 0 Å². The van der Waals surface area contributed by atoms with E-state index >= 15 is 0 Å². The Labute approximate surface area is 143 Å². The van der Waals surface area contributed by atoms with Crippen molar-refractivity contribution in [2.75, 3.05) is 0 Å². The van der Waals surface area contributed by atoms with E-state index in [-0.39, 0.29) is 5.41 Å². The van der Waals surface area contributed by atoms with Crippen LogP contribution in [0.2, 0.25) is 0 Å². The lowest BCUT2D eigenvalue weighted by Crippen LogP contribution is -2.11. The number of benzene rings is 2. The van der Waals surface area contributed by atoms with E-state index in [2.05, 4.69) is 88.9 Å². The number of hydrogen-bond donors (Lipinski definition) is 0. The largest absolute Gasteiger partial charge is 0.0911 e. The van der Waals surface area contributed by atoms with Gasteiger partial charge in [0.25, 0.3) is 0 Å². The maximum absolute atomic E-state index is 4.32. The first-order chi connectivity index (χ1) is 11.4. The maximum atomic E-state index is 4.32. The summed E-state index contributed by atoms with van der Waals surface area (Å²) in [6.45, 7) is 13.4. The number of rotatable bonds is 1. The molecule has 1 atom stereocenters. The highest BCUT2D eigenvalue weighted by Crippen LogP contribution is 2.39. The second-order valence-corrected chi connectivity index (χ2v) is 7.95. The maximum Gasteiger partial charge on any atom is 0.000206 e.